The molecule has 0 aliphatic rings. The Morgan fingerprint density at radius 3 is 2.83 bits per heavy atom. The summed E-state index contributed by atoms with van der Waals surface area (Å²) in [7, 11) is 0. The Kier molecular flexibility index (Phi) is 7.01. The molecule has 0 spiro atoms. The van der Waals surface area contributed by atoms with E-state index < -0.39 is 0 Å². The quantitative estimate of drug-likeness (QED) is 0.569. The summed E-state index contributed by atoms with van der Waals surface area (Å²) in [6, 6.07) is 5.54. The monoisotopic (exact) mass is 286 g/mol. The Balaban J connectivity index is 2.36. The minimum atomic E-state index is 0.358. The van der Waals surface area contributed by atoms with Gasteiger partial charge < -0.3 is 15.8 Å². The molecule has 0 heterocycles. The van der Waals surface area contributed by atoms with E-state index in [-0.39, 0.29) is 0 Å². The van der Waals surface area contributed by atoms with Gasteiger partial charge in [0, 0.05) is 25.3 Å². The number of halogens is 1. The molecule has 0 aliphatic carbocycles. The molecule has 3 nitrogen and oxygen atoms in total. The lowest BCUT2D eigenvalue weighted by molar-refractivity contribution is 0.134. The molecule has 5 heteroatoms. The van der Waals surface area contributed by atoms with Crippen LogP contribution in [-0.4, -0.2) is 24.7 Å². The van der Waals surface area contributed by atoms with Crippen molar-refractivity contribution in [3.8, 4) is 0 Å². The van der Waals surface area contributed by atoms with Crippen molar-refractivity contribution in [3.05, 3.63) is 28.8 Å². The van der Waals surface area contributed by atoms with E-state index in [0.717, 1.165) is 43.9 Å². The summed E-state index contributed by atoms with van der Waals surface area (Å²) in [5.41, 5.74) is 7.22. The van der Waals surface area contributed by atoms with Crippen LogP contribution in [0.3, 0.4) is 0 Å². The minimum Gasteiger partial charge on any atom is -0.389 e. The molecule has 1 rings (SSSR count). The van der Waals surface area contributed by atoms with Gasteiger partial charge in [0.05, 0.1) is 10.7 Å². The molecule has 0 bridgehead atoms. The van der Waals surface area contributed by atoms with E-state index in [1.807, 2.05) is 12.1 Å². The minimum absolute atomic E-state index is 0.358. The van der Waals surface area contributed by atoms with Gasteiger partial charge >= 0.3 is 0 Å². The molecule has 0 saturated carbocycles. The van der Waals surface area contributed by atoms with Crippen molar-refractivity contribution >= 4 is 34.5 Å². The van der Waals surface area contributed by atoms with Crippen molar-refractivity contribution in [1.82, 2.24) is 0 Å². The summed E-state index contributed by atoms with van der Waals surface area (Å²) in [6.45, 7) is 4.52. The number of benzene rings is 1. The molecule has 100 valence electrons. The van der Waals surface area contributed by atoms with Crippen LogP contribution >= 0.6 is 23.8 Å². The smallest absolute Gasteiger partial charge is 0.104 e. The van der Waals surface area contributed by atoms with Crippen molar-refractivity contribution in [3.63, 3.8) is 0 Å². The van der Waals surface area contributed by atoms with Crippen LogP contribution in [0.25, 0.3) is 0 Å². The van der Waals surface area contributed by atoms with E-state index in [4.69, 9.17) is 34.3 Å². The van der Waals surface area contributed by atoms with Crippen molar-refractivity contribution in [2.75, 3.05) is 25.1 Å². The highest BCUT2D eigenvalue weighted by Crippen LogP contribution is 2.22. The third-order valence-corrected chi connectivity index (χ3v) is 2.93. The average molecular weight is 287 g/mol. The maximum atomic E-state index is 6.13. The van der Waals surface area contributed by atoms with Crippen molar-refractivity contribution in [1.29, 1.82) is 0 Å². The molecular weight excluding hydrogens is 268 g/mol. The third-order valence-electron chi connectivity index (χ3n) is 2.38. The van der Waals surface area contributed by atoms with Gasteiger partial charge in [-0.2, -0.15) is 0 Å². The van der Waals surface area contributed by atoms with Gasteiger partial charge in [-0.05, 0) is 31.0 Å². The number of nitrogens with one attached hydrogen (secondary N) is 1. The van der Waals surface area contributed by atoms with Gasteiger partial charge in [-0.25, -0.2) is 0 Å². The van der Waals surface area contributed by atoms with Gasteiger partial charge in [-0.3, -0.25) is 0 Å². The summed E-state index contributed by atoms with van der Waals surface area (Å²) < 4.78 is 5.39. The zero-order valence-corrected chi connectivity index (χ0v) is 12.1. The molecule has 18 heavy (non-hydrogen) atoms. The number of nitrogens with two attached hydrogens (primary N) is 1. The van der Waals surface area contributed by atoms with Crippen LogP contribution in [0.5, 0.6) is 0 Å². The Bertz CT molecular complexity index is 399. The predicted molar refractivity (Wildman–Crippen MR) is 81.6 cm³/mol. The third kappa shape index (κ3) is 5.21. The van der Waals surface area contributed by atoms with Crippen LogP contribution in [-0.2, 0) is 4.74 Å². The van der Waals surface area contributed by atoms with Crippen LogP contribution < -0.4 is 11.1 Å². The number of anilines is 1. The van der Waals surface area contributed by atoms with E-state index in [1.165, 1.54) is 0 Å². The topological polar surface area (TPSA) is 47.3 Å². The zero-order chi connectivity index (χ0) is 13.4. The molecule has 1 aromatic carbocycles. The molecule has 0 atom stereocenters. The first-order valence-electron chi connectivity index (χ1n) is 6.06. The average Bonchev–Trinajstić information content (AvgIpc) is 2.35. The number of ether oxygens (including phenoxy) is 1. The van der Waals surface area contributed by atoms with E-state index in [1.54, 1.807) is 6.07 Å². The fraction of sp³-hybridized carbons (Fsp3) is 0.462. The molecule has 1 aromatic rings. The molecule has 3 N–H and O–H groups in total. The zero-order valence-electron chi connectivity index (χ0n) is 10.5. The number of hydrogen-bond acceptors (Lipinski definition) is 3. The highest BCUT2D eigenvalue weighted by atomic mass is 35.5. The van der Waals surface area contributed by atoms with Gasteiger partial charge in [0.2, 0.25) is 0 Å². The van der Waals surface area contributed by atoms with E-state index in [2.05, 4.69) is 12.2 Å². The number of thiocarbonyl (C=S) groups is 1. The molecule has 0 fully saturated rings. The lowest BCUT2D eigenvalue weighted by atomic mass is 10.2. The van der Waals surface area contributed by atoms with Crippen LogP contribution in [0.2, 0.25) is 5.02 Å². The Labute approximate surface area is 119 Å². The second-order valence-electron chi connectivity index (χ2n) is 3.95. The molecule has 0 aromatic heterocycles. The Hall–Kier alpha value is -0.840. The maximum absolute atomic E-state index is 6.13. The SMILES string of the molecule is CCCOCCCNc1ccc(C(N)=S)cc1Cl. The van der Waals surface area contributed by atoms with Gasteiger partial charge in [0.15, 0.2) is 0 Å². The maximum Gasteiger partial charge on any atom is 0.104 e. The van der Waals surface area contributed by atoms with Crippen LogP contribution in [0.15, 0.2) is 18.2 Å². The van der Waals surface area contributed by atoms with Crippen molar-refractivity contribution in [2.24, 2.45) is 5.73 Å². The van der Waals surface area contributed by atoms with Crippen LogP contribution in [0, 0.1) is 0 Å². The van der Waals surface area contributed by atoms with Crippen molar-refractivity contribution in [2.45, 2.75) is 19.8 Å². The molecule has 0 unspecified atom stereocenters. The van der Waals surface area contributed by atoms with E-state index in [0.29, 0.717) is 10.0 Å². The number of hydrogen-bond donors (Lipinski definition) is 2. The lowest BCUT2D eigenvalue weighted by Gasteiger charge is -2.09. The molecule has 0 saturated heterocycles. The van der Waals surface area contributed by atoms with Gasteiger partial charge in [-0.15, -0.1) is 0 Å². The van der Waals surface area contributed by atoms with Gasteiger partial charge in [0.1, 0.15) is 4.99 Å². The summed E-state index contributed by atoms with van der Waals surface area (Å²) in [5.74, 6) is 0. The summed E-state index contributed by atoms with van der Waals surface area (Å²) in [6.07, 6.45) is 2.01. The fourth-order valence-electron chi connectivity index (χ4n) is 1.46. The first-order chi connectivity index (χ1) is 8.65. The van der Waals surface area contributed by atoms with Crippen molar-refractivity contribution < 1.29 is 4.74 Å². The normalized spacial score (nSPS) is 10.3. The predicted octanol–water partition coefficient (Wildman–Crippen LogP) is 3.20. The van der Waals surface area contributed by atoms with Crippen LogP contribution in [0.1, 0.15) is 25.3 Å². The number of rotatable bonds is 8. The summed E-state index contributed by atoms with van der Waals surface area (Å²) in [5, 5.41) is 3.89. The molecule has 0 radical (unpaired) electrons. The van der Waals surface area contributed by atoms with E-state index >= 15 is 0 Å². The van der Waals surface area contributed by atoms with Gasteiger partial charge in [0.25, 0.3) is 0 Å². The highest BCUT2D eigenvalue weighted by molar-refractivity contribution is 7.80. The second-order valence-corrected chi connectivity index (χ2v) is 4.80. The highest BCUT2D eigenvalue weighted by Gasteiger charge is 2.03. The standard InChI is InChI=1S/C13H19ClN2OS/c1-2-7-17-8-3-6-16-12-5-4-10(13(15)18)9-11(12)14/h4-5,9,16H,2-3,6-8H2,1H3,(H2,15,18). The largest absolute Gasteiger partial charge is 0.389 e. The Morgan fingerprint density at radius 1 is 1.44 bits per heavy atom. The molecular formula is C13H19ClN2OS. The molecule has 0 aliphatic heterocycles. The molecule has 0 amide bonds. The van der Waals surface area contributed by atoms with E-state index in [9.17, 15) is 0 Å². The first-order valence-corrected chi connectivity index (χ1v) is 6.84. The second kappa shape index (κ2) is 8.29. The fourth-order valence-corrected chi connectivity index (χ4v) is 1.83. The summed E-state index contributed by atoms with van der Waals surface area (Å²) >= 11 is 11.0. The van der Waals surface area contributed by atoms with Crippen LogP contribution in [0.4, 0.5) is 5.69 Å². The Morgan fingerprint density at radius 2 is 2.22 bits per heavy atom. The van der Waals surface area contributed by atoms with Gasteiger partial charge in [-0.1, -0.05) is 30.7 Å². The first kappa shape index (κ1) is 15.2. The summed E-state index contributed by atoms with van der Waals surface area (Å²) in [4.78, 5) is 0.358. The lowest BCUT2D eigenvalue weighted by Crippen LogP contribution is -2.10.